The molecule has 0 radical (unpaired) electrons. The molecular weight excluding hydrogens is 192 g/mol. The number of nitrogens with one attached hydrogen (secondary N) is 1. The molecule has 1 aliphatic rings. The van der Waals surface area contributed by atoms with E-state index < -0.39 is 0 Å². The zero-order valence-corrected chi connectivity index (χ0v) is 9.75. The maximum absolute atomic E-state index is 11.5. The summed E-state index contributed by atoms with van der Waals surface area (Å²) in [6.07, 6.45) is 2.16. The normalized spacial score (nSPS) is 15.2. The van der Waals surface area contributed by atoms with Crippen molar-refractivity contribution in [2.45, 2.75) is 39.7 Å². The van der Waals surface area contributed by atoms with Crippen molar-refractivity contribution in [3.63, 3.8) is 0 Å². The zero-order valence-electron chi connectivity index (χ0n) is 9.75. The van der Waals surface area contributed by atoms with E-state index in [0.717, 1.165) is 12.8 Å². The van der Waals surface area contributed by atoms with E-state index in [4.69, 9.17) is 0 Å². The minimum absolute atomic E-state index is 0.0327. The summed E-state index contributed by atoms with van der Waals surface area (Å²) in [6.45, 7) is 6.42. The summed E-state index contributed by atoms with van der Waals surface area (Å²) in [6, 6.07) is 0.366. The van der Waals surface area contributed by atoms with E-state index in [1.807, 2.05) is 13.8 Å². The van der Waals surface area contributed by atoms with Gasteiger partial charge < -0.3 is 10.2 Å². The van der Waals surface area contributed by atoms with Crippen LogP contribution >= 0.6 is 0 Å². The summed E-state index contributed by atoms with van der Waals surface area (Å²) in [5, 5.41) is 2.88. The lowest BCUT2D eigenvalue weighted by molar-refractivity contribution is -0.134. The number of nitrogens with zero attached hydrogens (tertiary/aromatic N) is 1. The molecule has 1 N–H and O–H groups in total. The summed E-state index contributed by atoms with van der Waals surface area (Å²) in [5.74, 6) is 0.325. The molecule has 4 heteroatoms. The summed E-state index contributed by atoms with van der Waals surface area (Å²) in [7, 11) is 0. The van der Waals surface area contributed by atoms with Crippen molar-refractivity contribution in [1.29, 1.82) is 0 Å². The molecule has 0 heterocycles. The predicted molar refractivity (Wildman–Crippen MR) is 58.3 cm³/mol. The average Bonchev–Trinajstić information content (AvgIpc) is 2.85. The highest BCUT2D eigenvalue weighted by atomic mass is 16.2. The van der Waals surface area contributed by atoms with Crippen LogP contribution in [0.5, 0.6) is 0 Å². The minimum Gasteiger partial charge on any atom is -0.352 e. The van der Waals surface area contributed by atoms with Gasteiger partial charge in [-0.3, -0.25) is 9.59 Å². The summed E-state index contributed by atoms with van der Waals surface area (Å²) in [4.78, 5) is 24.3. The monoisotopic (exact) mass is 212 g/mol. The van der Waals surface area contributed by atoms with Crippen LogP contribution in [0.4, 0.5) is 0 Å². The quantitative estimate of drug-likeness (QED) is 0.731. The largest absolute Gasteiger partial charge is 0.352 e. The molecule has 0 spiro atoms. The van der Waals surface area contributed by atoms with Crippen molar-refractivity contribution in [3.8, 4) is 0 Å². The Kier molecular flexibility index (Phi) is 4.12. The van der Waals surface area contributed by atoms with Gasteiger partial charge in [-0.05, 0) is 18.8 Å². The number of carbonyl (C=O) groups excluding carboxylic acids is 2. The van der Waals surface area contributed by atoms with E-state index in [0.29, 0.717) is 18.5 Å². The third-order valence-electron chi connectivity index (χ3n) is 2.31. The Morgan fingerprint density at radius 1 is 1.40 bits per heavy atom. The van der Waals surface area contributed by atoms with Gasteiger partial charge in [0.1, 0.15) is 0 Å². The van der Waals surface area contributed by atoms with Crippen LogP contribution in [0.3, 0.4) is 0 Å². The van der Waals surface area contributed by atoms with Crippen molar-refractivity contribution < 1.29 is 9.59 Å². The zero-order chi connectivity index (χ0) is 11.4. The van der Waals surface area contributed by atoms with Crippen LogP contribution in [0.25, 0.3) is 0 Å². The van der Waals surface area contributed by atoms with Gasteiger partial charge >= 0.3 is 0 Å². The van der Waals surface area contributed by atoms with E-state index in [9.17, 15) is 9.59 Å². The van der Waals surface area contributed by atoms with Gasteiger partial charge in [0, 0.05) is 19.5 Å². The van der Waals surface area contributed by atoms with Gasteiger partial charge in [-0.1, -0.05) is 13.8 Å². The van der Waals surface area contributed by atoms with E-state index in [1.54, 1.807) is 4.90 Å². The molecule has 1 rings (SSSR count). The summed E-state index contributed by atoms with van der Waals surface area (Å²) < 4.78 is 0. The van der Waals surface area contributed by atoms with Crippen LogP contribution in [-0.4, -0.2) is 35.8 Å². The molecule has 0 bridgehead atoms. The smallest absolute Gasteiger partial charge is 0.239 e. The van der Waals surface area contributed by atoms with Gasteiger partial charge in [-0.2, -0.15) is 0 Å². The number of rotatable bonds is 5. The minimum atomic E-state index is -0.0339. The van der Waals surface area contributed by atoms with Crippen molar-refractivity contribution in [2.75, 3.05) is 13.1 Å². The fourth-order valence-corrected chi connectivity index (χ4v) is 1.42. The van der Waals surface area contributed by atoms with Gasteiger partial charge in [0.25, 0.3) is 0 Å². The average molecular weight is 212 g/mol. The summed E-state index contributed by atoms with van der Waals surface area (Å²) in [5.41, 5.74) is 0. The molecular formula is C11H20N2O2. The first kappa shape index (κ1) is 12.0. The third-order valence-corrected chi connectivity index (χ3v) is 2.31. The van der Waals surface area contributed by atoms with Crippen molar-refractivity contribution >= 4 is 11.8 Å². The Hall–Kier alpha value is -1.06. The Labute approximate surface area is 91.0 Å². The molecule has 15 heavy (non-hydrogen) atoms. The van der Waals surface area contributed by atoms with Gasteiger partial charge in [0.05, 0.1) is 6.54 Å². The molecule has 0 atom stereocenters. The first-order valence-electron chi connectivity index (χ1n) is 5.54. The highest BCUT2D eigenvalue weighted by Crippen LogP contribution is 2.18. The molecule has 0 aromatic rings. The second-order valence-corrected chi connectivity index (χ2v) is 4.64. The molecule has 0 aliphatic heterocycles. The van der Waals surface area contributed by atoms with E-state index in [1.165, 1.54) is 6.92 Å². The van der Waals surface area contributed by atoms with Crippen molar-refractivity contribution in [3.05, 3.63) is 0 Å². The first-order valence-corrected chi connectivity index (χ1v) is 5.54. The first-order chi connectivity index (χ1) is 6.99. The van der Waals surface area contributed by atoms with E-state index >= 15 is 0 Å². The van der Waals surface area contributed by atoms with Crippen LogP contribution in [-0.2, 0) is 9.59 Å². The lowest BCUT2D eigenvalue weighted by atomic mass is 10.2. The van der Waals surface area contributed by atoms with Gasteiger partial charge in [0.2, 0.25) is 11.8 Å². The number of hydrogen-bond donors (Lipinski definition) is 1. The third kappa shape index (κ3) is 4.81. The van der Waals surface area contributed by atoms with E-state index in [-0.39, 0.29) is 18.4 Å². The molecule has 1 saturated carbocycles. The molecule has 86 valence electrons. The fraction of sp³-hybridized carbons (Fsp3) is 0.818. The SMILES string of the molecule is CC(=O)N(CC(=O)NC1CC1)CC(C)C. The van der Waals surface area contributed by atoms with Crippen LogP contribution in [0.15, 0.2) is 0 Å². The van der Waals surface area contributed by atoms with Crippen LogP contribution in [0, 0.1) is 5.92 Å². The molecule has 0 saturated heterocycles. The molecule has 0 aromatic heterocycles. The molecule has 1 fully saturated rings. The molecule has 4 nitrogen and oxygen atoms in total. The maximum Gasteiger partial charge on any atom is 0.239 e. The standard InChI is InChI=1S/C11H20N2O2/c1-8(2)6-13(9(3)14)7-11(15)12-10-4-5-10/h8,10H,4-7H2,1-3H3,(H,12,15). The van der Waals surface area contributed by atoms with Crippen LogP contribution in [0.2, 0.25) is 0 Å². The Morgan fingerprint density at radius 2 is 2.00 bits per heavy atom. The summed E-state index contributed by atoms with van der Waals surface area (Å²) >= 11 is 0. The van der Waals surface area contributed by atoms with Gasteiger partial charge in [-0.25, -0.2) is 0 Å². The molecule has 0 unspecified atom stereocenters. The van der Waals surface area contributed by atoms with Crippen molar-refractivity contribution in [1.82, 2.24) is 10.2 Å². The highest BCUT2D eigenvalue weighted by Gasteiger charge is 2.24. The number of carbonyl (C=O) groups is 2. The lowest BCUT2D eigenvalue weighted by Gasteiger charge is -2.22. The maximum atomic E-state index is 11.5. The topological polar surface area (TPSA) is 49.4 Å². The Morgan fingerprint density at radius 3 is 2.40 bits per heavy atom. The molecule has 2 amide bonds. The highest BCUT2D eigenvalue weighted by molar-refractivity contribution is 5.84. The van der Waals surface area contributed by atoms with Gasteiger partial charge in [0.15, 0.2) is 0 Å². The second kappa shape index (κ2) is 5.14. The Bertz CT molecular complexity index is 247. The predicted octanol–water partition coefficient (Wildman–Crippen LogP) is 0.769. The molecule has 1 aliphatic carbocycles. The molecule has 0 aromatic carbocycles. The van der Waals surface area contributed by atoms with Crippen LogP contribution < -0.4 is 5.32 Å². The van der Waals surface area contributed by atoms with Crippen LogP contribution in [0.1, 0.15) is 33.6 Å². The van der Waals surface area contributed by atoms with Gasteiger partial charge in [-0.15, -0.1) is 0 Å². The fourth-order valence-electron chi connectivity index (χ4n) is 1.42. The number of hydrogen-bond acceptors (Lipinski definition) is 2. The Balaban J connectivity index is 2.34. The van der Waals surface area contributed by atoms with Crippen molar-refractivity contribution in [2.24, 2.45) is 5.92 Å². The second-order valence-electron chi connectivity index (χ2n) is 4.64. The van der Waals surface area contributed by atoms with E-state index in [2.05, 4.69) is 5.32 Å². The lowest BCUT2D eigenvalue weighted by Crippen LogP contribution is -2.42. The number of amides is 2.